The van der Waals surface area contributed by atoms with Crippen molar-refractivity contribution in [3.8, 4) is 45.1 Å². The van der Waals surface area contributed by atoms with Gasteiger partial charge in [0.05, 0.1) is 41.9 Å². The minimum atomic E-state index is -0.829. The van der Waals surface area contributed by atoms with Crippen LogP contribution in [-0.4, -0.2) is 105 Å². The van der Waals surface area contributed by atoms with Crippen LogP contribution in [-0.2, 0) is 18.0 Å². The first-order valence-corrected chi connectivity index (χ1v) is 22.8. The molecule has 0 aliphatic carbocycles. The zero-order chi connectivity index (χ0) is 45.6. The van der Waals surface area contributed by atoms with Crippen LogP contribution < -0.4 is 20.1 Å². The van der Waals surface area contributed by atoms with Crippen molar-refractivity contribution in [3.05, 3.63) is 131 Å². The van der Waals surface area contributed by atoms with E-state index < -0.39 is 6.04 Å². The number of nitrogens with zero attached hydrogens (tertiary/aromatic N) is 6. The Morgan fingerprint density at radius 1 is 0.682 bits per heavy atom. The average molecular weight is 889 g/mol. The van der Waals surface area contributed by atoms with Crippen LogP contribution in [0.5, 0.6) is 11.5 Å². The lowest BCUT2D eigenvalue weighted by molar-refractivity contribution is -0.134. The molecular formula is C51H56N10O5. The summed E-state index contributed by atoms with van der Waals surface area (Å²) in [5.41, 5.74) is 9.58. The first-order chi connectivity index (χ1) is 32.0. The van der Waals surface area contributed by atoms with Crippen molar-refractivity contribution in [1.29, 1.82) is 0 Å². The smallest absolute Gasteiger partial charge is 0.317 e. The molecule has 1 unspecified atom stereocenters. The first kappa shape index (κ1) is 42.8. The number of urea groups is 2. The fourth-order valence-corrected chi connectivity index (χ4v) is 10.1. The molecule has 4 aliphatic heterocycles. The molecule has 6 aromatic rings. The van der Waals surface area contributed by atoms with Crippen LogP contribution in [0.1, 0.15) is 90.7 Å². The van der Waals surface area contributed by atoms with Crippen LogP contribution in [0.4, 0.5) is 9.59 Å². The Morgan fingerprint density at radius 2 is 1.20 bits per heavy atom. The van der Waals surface area contributed by atoms with Crippen molar-refractivity contribution in [2.45, 2.75) is 76.0 Å². The number of likely N-dealkylation sites (tertiary alicyclic amines) is 2. The third-order valence-corrected chi connectivity index (χ3v) is 13.6. The van der Waals surface area contributed by atoms with E-state index in [0.29, 0.717) is 25.6 Å². The molecule has 5 amide bonds. The highest BCUT2D eigenvalue weighted by Gasteiger charge is 2.39. The van der Waals surface area contributed by atoms with Crippen LogP contribution >= 0.6 is 0 Å². The molecule has 2 saturated heterocycles. The molecule has 15 heteroatoms. The number of nitrogens with one attached hydrogen (secondary N) is 4. The number of carbonyl (C=O) groups is 3. The lowest BCUT2D eigenvalue weighted by Crippen LogP contribution is -2.47. The number of benzene rings is 4. The molecule has 2 fully saturated rings. The van der Waals surface area contributed by atoms with Crippen molar-refractivity contribution in [2.75, 3.05) is 41.3 Å². The lowest BCUT2D eigenvalue weighted by atomic mass is 9.87. The molecule has 0 spiro atoms. The summed E-state index contributed by atoms with van der Waals surface area (Å²) in [6.07, 6.45) is 7.29. The Morgan fingerprint density at radius 3 is 1.77 bits per heavy atom. The second-order valence-corrected chi connectivity index (χ2v) is 18.2. The summed E-state index contributed by atoms with van der Waals surface area (Å²) in [6, 6.07) is 26.3. The number of carbonyl (C=O) groups excluding carboxylic acids is 3. The molecule has 4 N–H and O–H groups in total. The average Bonchev–Trinajstić information content (AvgIpc) is 4.19. The van der Waals surface area contributed by atoms with Gasteiger partial charge in [0.2, 0.25) is 5.91 Å². The standard InChI is InChI=1S/C51H56N10O5/c1-30(45(56-50(63)58(2)3)31-14-8-6-9-15-31)60-20-12-18-39(60)47-52-26-37(54-47)33-22-35-28-66-42-25-34(23-36-29-65-41(24-33)43(35)44(36)42)38-27-53-48(55-38)40-19-13-21-61(40)49(62)46(57-51(64)59(4)5)32-16-10-7-11-17-32/h6-11,14-17,22-27,30,39-40,45-46H,12-13,18-21,28-29H2,1-5H3,(H,52,54)(H,53,55)(H,56,63)(H,57,64)/t30?,39-,40-,45-,46+/m0/s1. The number of amides is 5. The number of rotatable bonds is 11. The number of aromatic amines is 2. The number of hydrogen-bond donors (Lipinski definition) is 4. The molecule has 4 aromatic carbocycles. The van der Waals surface area contributed by atoms with E-state index in [1.54, 1.807) is 33.1 Å². The third kappa shape index (κ3) is 8.01. The quantitative estimate of drug-likeness (QED) is 0.101. The van der Waals surface area contributed by atoms with Crippen LogP contribution in [0, 0.1) is 0 Å². The van der Waals surface area contributed by atoms with Gasteiger partial charge in [-0.05, 0) is 74.5 Å². The topological polar surface area (TPSA) is 164 Å². The highest BCUT2D eigenvalue weighted by atomic mass is 16.5. The van der Waals surface area contributed by atoms with E-state index >= 15 is 0 Å². The molecule has 10 rings (SSSR count). The number of hydrogen-bond acceptors (Lipinski definition) is 8. The molecule has 6 heterocycles. The lowest BCUT2D eigenvalue weighted by Gasteiger charge is -2.36. The molecule has 0 saturated carbocycles. The van der Waals surface area contributed by atoms with Gasteiger partial charge in [-0.1, -0.05) is 60.7 Å². The summed E-state index contributed by atoms with van der Waals surface area (Å²) in [5, 5.41) is 6.20. The van der Waals surface area contributed by atoms with Gasteiger partial charge in [-0.2, -0.15) is 0 Å². The SMILES string of the molecule is CC([C@H](NC(=O)N(C)C)c1ccccc1)N1CCC[C@H]1c1ncc(-c2cc3c4c(c2)OCc2cc(-c5cnc([C@@H]6CCCN6C(=O)[C@H](NC(=O)N(C)C)c6ccccc6)[nH]5)cc(c2-4)OC3)[nH]1. The van der Waals surface area contributed by atoms with Gasteiger partial charge in [0, 0.05) is 74.2 Å². The Kier molecular flexibility index (Phi) is 11.5. The maximum atomic E-state index is 14.2. The fourth-order valence-electron chi connectivity index (χ4n) is 10.1. The molecule has 5 atom stereocenters. The number of ether oxygens (including phenoxy) is 2. The van der Waals surface area contributed by atoms with E-state index in [4.69, 9.17) is 19.4 Å². The Bertz CT molecular complexity index is 2720. The van der Waals surface area contributed by atoms with Crippen LogP contribution in [0.2, 0.25) is 0 Å². The highest BCUT2D eigenvalue weighted by molar-refractivity contribution is 5.90. The van der Waals surface area contributed by atoms with Gasteiger partial charge < -0.3 is 44.8 Å². The molecule has 0 bridgehead atoms. The Hall–Kier alpha value is -7.13. The van der Waals surface area contributed by atoms with E-state index in [1.165, 1.54) is 4.90 Å². The summed E-state index contributed by atoms with van der Waals surface area (Å²) in [5.74, 6) is 3.04. The van der Waals surface area contributed by atoms with Gasteiger partial charge in [-0.15, -0.1) is 0 Å². The van der Waals surface area contributed by atoms with Gasteiger partial charge >= 0.3 is 12.1 Å². The largest absolute Gasteiger partial charge is 0.488 e. The Balaban J connectivity index is 0.875. The zero-order valence-electron chi connectivity index (χ0n) is 38.0. The summed E-state index contributed by atoms with van der Waals surface area (Å²) < 4.78 is 13.1. The number of imidazole rings is 2. The van der Waals surface area contributed by atoms with Gasteiger partial charge in [-0.3, -0.25) is 9.69 Å². The van der Waals surface area contributed by atoms with Gasteiger partial charge in [-0.25, -0.2) is 19.6 Å². The van der Waals surface area contributed by atoms with Crippen LogP contribution in [0.3, 0.4) is 0 Å². The summed E-state index contributed by atoms with van der Waals surface area (Å²) in [4.78, 5) is 64.2. The highest BCUT2D eigenvalue weighted by Crippen LogP contribution is 2.51. The van der Waals surface area contributed by atoms with Gasteiger partial charge in [0.25, 0.3) is 0 Å². The van der Waals surface area contributed by atoms with E-state index in [2.05, 4.69) is 68.8 Å². The normalized spacial score (nSPS) is 18.7. The Labute approximate surface area is 384 Å². The second-order valence-electron chi connectivity index (χ2n) is 18.2. The van der Waals surface area contributed by atoms with Gasteiger partial charge in [0.1, 0.15) is 42.4 Å². The van der Waals surface area contributed by atoms with Gasteiger partial charge in [0.15, 0.2) is 0 Å². The van der Waals surface area contributed by atoms with Crippen molar-refractivity contribution in [2.24, 2.45) is 0 Å². The van der Waals surface area contributed by atoms with E-state index in [0.717, 1.165) is 105 Å². The van der Waals surface area contributed by atoms with Crippen molar-refractivity contribution < 1.29 is 23.9 Å². The summed E-state index contributed by atoms with van der Waals surface area (Å²) >= 11 is 0. The number of H-pyrrole nitrogens is 2. The molecule has 0 radical (unpaired) electrons. The van der Waals surface area contributed by atoms with E-state index in [9.17, 15) is 14.4 Å². The van der Waals surface area contributed by atoms with Crippen molar-refractivity contribution in [3.63, 3.8) is 0 Å². The zero-order valence-corrected chi connectivity index (χ0v) is 38.0. The molecular weight excluding hydrogens is 833 g/mol. The van der Waals surface area contributed by atoms with Crippen LogP contribution in [0.25, 0.3) is 33.6 Å². The van der Waals surface area contributed by atoms with E-state index in [-0.39, 0.29) is 42.1 Å². The molecule has 66 heavy (non-hydrogen) atoms. The van der Waals surface area contributed by atoms with Crippen LogP contribution in [0.15, 0.2) is 97.3 Å². The monoisotopic (exact) mass is 888 g/mol. The summed E-state index contributed by atoms with van der Waals surface area (Å²) in [7, 11) is 6.85. The first-order valence-electron chi connectivity index (χ1n) is 22.8. The minimum absolute atomic E-state index is 0.0117. The minimum Gasteiger partial charge on any atom is -0.488 e. The van der Waals surface area contributed by atoms with E-state index in [1.807, 2.05) is 65.8 Å². The maximum absolute atomic E-state index is 14.2. The molecule has 15 nitrogen and oxygen atoms in total. The number of aromatic nitrogens is 4. The predicted molar refractivity (Wildman–Crippen MR) is 250 cm³/mol. The fraction of sp³-hybridized carbons (Fsp3) is 0.353. The van der Waals surface area contributed by atoms with Crippen molar-refractivity contribution >= 4 is 18.0 Å². The second kappa shape index (κ2) is 17.7. The predicted octanol–water partition coefficient (Wildman–Crippen LogP) is 8.13. The third-order valence-electron chi connectivity index (χ3n) is 13.6. The van der Waals surface area contributed by atoms with Crippen molar-refractivity contribution in [1.82, 2.24) is 50.2 Å². The molecule has 4 aliphatic rings. The molecule has 2 aromatic heterocycles. The summed E-state index contributed by atoms with van der Waals surface area (Å²) in [6.45, 7) is 4.40. The molecule has 340 valence electrons. The maximum Gasteiger partial charge on any atom is 0.317 e.